The minimum Gasteiger partial charge on any atom is -0.338 e. The average molecular weight is 551 g/mol. The van der Waals surface area contributed by atoms with Gasteiger partial charge in [0.1, 0.15) is 17.9 Å². The maximum Gasteiger partial charge on any atom is 0.433 e. The number of carbonyl (C=O) groups excluding carboxylic acids is 3. The van der Waals surface area contributed by atoms with Crippen molar-refractivity contribution in [1.29, 1.82) is 0 Å². The summed E-state index contributed by atoms with van der Waals surface area (Å²) in [5.74, 6) is -0.976. The molecule has 2 aromatic carbocycles. The van der Waals surface area contributed by atoms with E-state index in [2.05, 4.69) is 15.4 Å². The summed E-state index contributed by atoms with van der Waals surface area (Å²) < 4.78 is 40.4. The second-order valence-corrected chi connectivity index (χ2v) is 9.37. The summed E-state index contributed by atoms with van der Waals surface area (Å²) in [7, 11) is 0. The van der Waals surface area contributed by atoms with Crippen LogP contribution in [0.4, 0.5) is 18.9 Å². The van der Waals surface area contributed by atoms with Gasteiger partial charge < -0.3 is 15.1 Å². The van der Waals surface area contributed by atoms with E-state index >= 15 is 0 Å². The number of pyridine rings is 1. The average Bonchev–Trinajstić information content (AvgIpc) is 3.27. The fourth-order valence-corrected chi connectivity index (χ4v) is 4.55. The summed E-state index contributed by atoms with van der Waals surface area (Å²) >= 11 is 0. The number of benzene rings is 2. The zero-order valence-corrected chi connectivity index (χ0v) is 21.5. The van der Waals surface area contributed by atoms with Crippen LogP contribution < -0.4 is 5.32 Å². The van der Waals surface area contributed by atoms with Crippen molar-refractivity contribution in [3.63, 3.8) is 0 Å². The molecule has 1 aliphatic heterocycles. The van der Waals surface area contributed by atoms with E-state index in [-0.39, 0.29) is 24.1 Å². The van der Waals surface area contributed by atoms with Crippen LogP contribution in [0.3, 0.4) is 0 Å². The van der Waals surface area contributed by atoms with Crippen molar-refractivity contribution < 1.29 is 27.6 Å². The molecule has 0 radical (unpaired) electrons. The molecule has 4 aromatic rings. The Labute approximate surface area is 227 Å². The molecule has 0 unspecified atom stereocenters. The van der Waals surface area contributed by atoms with Crippen molar-refractivity contribution in [1.82, 2.24) is 24.6 Å². The SMILES string of the molecule is Cc1c2cc(NC(=O)c3cccc(C(F)(F)F)n3)ccc2nn1CC(=O)N1CCN(C(=O)c2ccccc2)CC1. The van der Waals surface area contributed by atoms with E-state index in [1.165, 1.54) is 6.07 Å². The van der Waals surface area contributed by atoms with Gasteiger partial charge in [0, 0.05) is 48.5 Å². The van der Waals surface area contributed by atoms with Crippen LogP contribution in [-0.2, 0) is 17.5 Å². The number of nitrogens with one attached hydrogen (secondary N) is 1. The van der Waals surface area contributed by atoms with E-state index in [0.717, 1.165) is 12.1 Å². The summed E-state index contributed by atoms with van der Waals surface area (Å²) in [6.07, 6.45) is -4.66. The Balaban J connectivity index is 1.23. The normalized spacial score (nSPS) is 13.9. The number of rotatable bonds is 5. The fraction of sp³-hybridized carbons (Fsp3) is 0.250. The first-order chi connectivity index (χ1) is 19.1. The van der Waals surface area contributed by atoms with Crippen molar-refractivity contribution in [2.45, 2.75) is 19.6 Å². The van der Waals surface area contributed by atoms with Crippen molar-refractivity contribution >= 4 is 34.3 Å². The number of anilines is 1. The Morgan fingerprint density at radius 1 is 0.900 bits per heavy atom. The number of amides is 3. The number of alkyl halides is 3. The van der Waals surface area contributed by atoms with Gasteiger partial charge in [-0.25, -0.2) is 4.98 Å². The minimum atomic E-state index is -4.66. The molecule has 12 heteroatoms. The van der Waals surface area contributed by atoms with Gasteiger partial charge in [-0.05, 0) is 49.4 Å². The van der Waals surface area contributed by atoms with Crippen LogP contribution in [0, 0.1) is 6.92 Å². The first-order valence-electron chi connectivity index (χ1n) is 12.5. The minimum absolute atomic E-state index is 0.00297. The number of nitrogens with zero attached hydrogens (tertiary/aromatic N) is 5. The van der Waals surface area contributed by atoms with Gasteiger partial charge in [-0.15, -0.1) is 0 Å². The van der Waals surface area contributed by atoms with Crippen LogP contribution in [0.5, 0.6) is 0 Å². The second kappa shape index (κ2) is 10.8. The van der Waals surface area contributed by atoms with Gasteiger partial charge >= 0.3 is 6.18 Å². The first-order valence-corrected chi connectivity index (χ1v) is 12.5. The summed E-state index contributed by atoms with van der Waals surface area (Å²) in [6.45, 7) is 3.49. The van der Waals surface area contributed by atoms with Gasteiger partial charge in [-0.1, -0.05) is 24.3 Å². The van der Waals surface area contributed by atoms with E-state index in [0.29, 0.717) is 54.0 Å². The molecule has 9 nitrogen and oxygen atoms in total. The summed E-state index contributed by atoms with van der Waals surface area (Å²) in [6, 6.07) is 17.0. The van der Waals surface area contributed by atoms with E-state index in [4.69, 9.17) is 0 Å². The van der Waals surface area contributed by atoms with Crippen molar-refractivity contribution in [3.05, 3.63) is 89.4 Å². The van der Waals surface area contributed by atoms with Crippen LogP contribution in [0.1, 0.15) is 32.2 Å². The molecule has 0 saturated carbocycles. The lowest BCUT2D eigenvalue weighted by Crippen LogP contribution is -2.51. The highest BCUT2D eigenvalue weighted by Gasteiger charge is 2.33. The molecule has 1 aliphatic rings. The molecule has 2 aromatic heterocycles. The molecule has 1 saturated heterocycles. The number of hydrogen-bond donors (Lipinski definition) is 1. The van der Waals surface area contributed by atoms with Crippen LogP contribution >= 0.6 is 0 Å². The zero-order valence-electron chi connectivity index (χ0n) is 21.5. The van der Waals surface area contributed by atoms with Crippen LogP contribution in [-0.4, -0.2) is 68.5 Å². The van der Waals surface area contributed by atoms with E-state index in [9.17, 15) is 27.6 Å². The third-order valence-corrected chi connectivity index (χ3v) is 6.76. The summed E-state index contributed by atoms with van der Waals surface area (Å²) in [5, 5.41) is 7.75. The molecule has 0 bridgehead atoms. The standard InChI is InChI=1S/C28H25F3N6O3/c1-18-21-16-20(32-26(39)23-8-5-9-24(33-23)28(29,30)31)10-11-22(21)34-37(18)17-25(38)35-12-14-36(15-13-35)27(40)19-6-3-2-4-7-19/h2-11,16H,12-15,17H2,1H3,(H,32,39). The topological polar surface area (TPSA) is 100 Å². The molecule has 5 rings (SSSR count). The lowest BCUT2D eigenvalue weighted by Gasteiger charge is -2.34. The highest BCUT2D eigenvalue weighted by Crippen LogP contribution is 2.28. The molecule has 1 N–H and O–H groups in total. The predicted molar refractivity (Wildman–Crippen MR) is 141 cm³/mol. The Kier molecular flexibility index (Phi) is 7.24. The number of aromatic nitrogens is 3. The molecule has 3 heterocycles. The van der Waals surface area contributed by atoms with Gasteiger partial charge in [0.15, 0.2) is 0 Å². The molecular formula is C28H25F3N6O3. The first kappa shape index (κ1) is 26.9. The van der Waals surface area contributed by atoms with E-state index in [1.807, 2.05) is 18.2 Å². The highest BCUT2D eigenvalue weighted by molar-refractivity contribution is 6.04. The molecule has 1 fully saturated rings. The number of carbonyl (C=O) groups is 3. The highest BCUT2D eigenvalue weighted by atomic mass is 19.4. The van der Waals surface area contributed by atoms with Crippen LogP contribution in [0.15, 0.2) is 66.7 Å². The van der Waals surface area contributed by atoms with Crippen LogP contribution in [0.2, 0.25) is 0 Å². The van der Waals surface area contributed by atoms with Gasteiger partial charge in [-0.3, -0.25) is 19.1 Å². The third kappa shape index (κ3) is 5.65. The van der Waals surface area contributed by atoms with Crippen LogP contribution in [0.25, 0.3) is 10.9 Å². The van der Waals surface area contributed by atoms with E-state index < -0.39 is 17.8 Å². The molecule has 3 amide bonds. The van der Waals surface area contributed by atoms with Gasteiger partial charge in [-0.2, -0.15) is 18.3 Å². The molecule has 206 valence electrons. The van der Waals surface area contributed by atoms with Gasteiger partial charge in [0.05, 0.1) is 5.52 Å². The van der Waals surface area contributed by atoms with Gasteiger partial charge in [0.25, 0.3) is 11.8 Å². The Morgan fingerprint density at radius 3 is 2.30 bits per heavy atom. The Morgan fingerprint density at radius 2 is 1.60 bits per heavy atom. The summed E-state index contributed by atoms with van der Waals surface area (Å²) in [5.41, 5.74) is 0.737. The number of hydrogen-bond acceptors (Lipinski definition) is 5. The number of fused-ring (bicyclic) bond motifs is 1. The second-order valence-electron chi connectivity index (χ2n) is 9.37. The van der Waals surface area contributed by atoms with E-state index in [1.54, 1.807) is 51.7 Å². The van der Waals surface area contributed by atoms with Crippen molar-refractivity contribution in [2.24, 2.45) is 0 Å². The van der Waals surface area contributed by atoms with Gasteiger partial charge in [0.2, 0.25) is 5.91 Å². The number of piperazine rings is 1. The zero-order chi connectivity index (χ0) is 28.4. The lowest BCUT2D eigenvalue weighted by molar-refractivity contribution is -0.141. The molecule has 0 spiro atoms. The summed E-state index contributed by atoms with van der Waals surface area (Å²) in [4.78, 5) is 45.1. The maximum atomic E-state index is 13.0. The number of aryl methyl sites for hydroxylation is 1. The smallest absolute Gasteiger partial charge is 0.338 e. The maximum absolute atomic E-state index is 13.0. The monoisotopic (exact) mass is 550 g/mol. The Hall–Kier alpha value is -4.74. The molecule has 0 aliphatic carbocycles. The molecule has 40 heavy (non-hydrogen) atoms. The Bertz CT molecular complexity index is 1580. The predicted octanol–water partition coefficient (Wildman–Crippen LogP) is 4.00. The molecular weight excluding hydrogens is 525 g/mol. The van der Waals surface area contributed by atoms with Crippen molar-refractivity contribution in [3.8, 4) is 0 Å². The third-order valence-electron chi connectivity index (χ3n) is 6.76. The number of halogens is 3. The fourth-order valence-electron chi connectivity index (χ4n) is 4.55. The lowest BCUT2D eigenvalue weighted by atomic mass is 10.2. The quantitative estimate of drug-likeness (QED) is 0.405. The largest absolute Gasteiger partial charge is 0.433 e. The van der Waals surface area contributed by atoms with Crippen molar-refractivity contribution in [2.75, 3.05) is 31.5 Å². The molecule has 0 atom stereocenters.